The molecule has 118 valence electrons. The SMILES string of the molecule is CC1CC2CCCCC2N1C(=O)c1csc(CCN)n1.Cl. The minimum absolute atomic E-state index is 0. The first-order valence-electron chi connectivity index (χ1n) is 7.68. The van der Waals surface area contributed by atoms with E-state index >= 15 is 0 Å². The molecule has 1 aliphatic carbocycles. The van der Waals surface area contributed by atoms with Crippen LogP contribution in [0.3, 0.4) is 0 Å². The van der Waals surface area contributed by atoms with E-state index in [9.17, 15) is 4.79 Å². The van der Waals surface area contributed by atoms with E-state index in [2.05, 4.69) is 16.8 Å². The van der Waals surface area contributed by atoms with Crippen LogP contribution in [0.2, 0.25) is 0 Å². The van der Waals surface area contributed by atoms with E-state index in [1.54, 1.807) is 11.3 Å². The summed E-state index contributed by atoms with van der Waals surface area (Å²) in [6.45, 7) is 2.77. The molecule has 2 N–H and O–H groups in total. The summed E-state index contributed by atoms with van der Waals surface area (Å²) in [5.41, 5.74) is 6.17. The molecule has 6 heteroatoms. The average Bonchev–Trinajstić information content (AvgIpc) is 3.02. The Balaban J connectivity index is 0.00000161. The predicted octanol–water partition coefficient (Wildman–Crippen LogP) is 2.86. The van der Waals surface area contributed by atoms with Crippen molar-refractivity contribution in [3.63, 3.8) is 0 Å². The van der Waals surface area contributed by atoms with Gasteiger partial charge >= 0.3 is 0 Å². The van der Waals surface area contributed by atoms with Crippen LogP contribution in [0.5, 0.6) is 0 Å². The van der Waals surface area contributed by atoms with Gasteiger partial charge in [0.1, 0.15) is 5.69 Å². The number of likely N-dealkylation sites (tertiary alicyclic amines) is 1. The molecular weight excluding hydrogens is 306 g/mol. The fourth-order valence-electron chi connectivity index (χ4n) is 3.84. The third kappa shape index (κ3) is 3.25. The molecule has 1 saturated heterocycles. The third-order valence-electron chi connectivity index (χ3n) is 4.71. The topological polar surface area (TPSA) is 59.2 Å². The first-order valence-corrected chi connectivity index (χ1v) is 8.55. The Morgan fingerprint density at radius 1 is 1.48 bits per heavy atom. The molecule has 3 unspecified atom stereocenters. The van der Waals surface area contributed by atoms with E-state index in [0.29, 0.717) is 30.2 Å². The predicted molar refractivity (Wildman–Crippen MR) is 88.1 cm³/mol. The van der Waals surface area contributed by atoms with Crippen molar-refractivity contribution < 1.29 is 4.79 Å². The van der Waals surface area contributed by atoms with Crippen LogP contribution in [0, 0.1) is 5.92 Å². The lowest BCUT2D eigenvalue weighted by Crippen LogP contribution is -2.42. The van der Waals surface area contributed by atoms with Crippen LogP contribution in [0.25, 0.3) is 0 Å². The van der Waals surface area contributed by atoms with Gasteiger partial charge < -0.3 is 10.6 Å². The first-order chi connectivity index (χ1) is 9.70. The second kappa shape index (κ2) is 7.07. The van der Waals surface area contributed by atoms with E-state index in [-0.39, 0.29) is 18.3 Å². The molecule has 2 aliphatic rings. The van der Waals surface area contributed by atoms with Crippen LogP contribution < -0.4 is 5.73 Å². The second-order valence-corrected chi connectivity index (χ2v) is 7.02. The normalized spacial score (nSPS) is 28.1. The van der Waals surface area contributed by atoms with Crippen LogP contribution in [0.15, 0.2) is 5.38 Å². The van der Waals surface area contributed by atoms with Crippen molar-refractivity contribution in [1.82, 2.24) is 9.88 Å². The van der Waals surface area contributed by atoms with Crippen LogP contribution >= 0.6 is 23.7 Å². The molecule has 21 heavy (non-hydrogen) atoms. The van der Waals surface area contributed by atoms with Crippen molar-refractivity contribution in [3.05, 3.63) is 16.1 Å². The summed E-state index contributed by atoms with van der Waals surface area (Å²) < 4.78 is 0. The molecule has 1 amide bonds. The number of thiazole rings is 1. The fourth-order valence-corrected chi connectivity index (χ4v) is 4.63. The molecular formula is C15H24ClN3OS. The number of fused-ring (bicyclic) bond motifs is 1. The third-order valence-corrected chi connectivity index (χ3v) is 5.62. The average molecular weight is 330 g/mol. The Hall–Kier alpha value is -0.650. The lowest BCUT2D eigenvalue weighted by atomic mass is 9.85. The Morgan fingerprint density at radius 2 is 2.24 bits per heavy atom. The number of carbonyl (C=O) groups excluding carboxylic acids is 1. The van der Waals surface area contributed by atoms with Gasteiger partial charge in [-0.15, -0.1) is 23.7 Å². The summed E-state index contributed by atoms with van der Waals surface area (Å²) in [6.07, 6.45) is 6.96. The zero-order chi connectivity index (χ0) is 14.1. The monoisotopic (exact) mass is 329 g/mol. The van der Waals surface area contributed by atoms with E-state index in [1.807, 2.05) is 5.38 Å². The number of nitrogens with two attached hydrogens (primary N) is 1. The molecule has 2 heterocycles. The number of hydrogen-bond acceptors (Lipinski definition) is 4. The highest BCUT2D eigenvalue weighted by Gasteiger charge is 2.43. The van der Waals surface area contributed by atoms with Gasteiger partial charge in [-0.1, -0.05) is 12.8 Å². The molecule has 4 nitrogen and oxygen atoms in total. The van der Waals surface area contributed by atoms with Crippen molar-refractivity contribution in [2.45, 2.75) is 57.5 Å². The number of halogens is 1. The largest absolute Gasteiger partial charge is 0.331 e. The minimum Gasteiger partial charge on any atom is -0.331 e. The molecule has 1 saturated carbocycles. The molecule has 0 aromatic carbocycles. The van der Waals surface area contributed by atoms with Gasteiger partial charge in [0, 0.05) is 23.9 Å². The van der Waals surface area contributed by atoms with Gasteiger partial charge in [0.25, 0.3) is 5.91 Å². The van der Waals surface area contributed by atoms with Crippen molar-refractivity contribution in [3.8, 4) is 0 Å². The van der Waals surface area contributed by atoms with Gasteiger partial charge in [-0.25, -0.2) is 4.98 Å². The minimum atomic E-state index is 0. The number of nitrogens with zero attached hydrogens (tertiary/aromatic N) is 2. The first kappa shape index (κ1) is 16.7. The van der Waals surface area contributed by atoms with Crippen LogP contribution in [-0.4, -0.2) is 34.4 Å². The van der Waals surface area contributed by atoms with Crippen LogP contribution in [0.4, 0.5) is 0 Å². The molecule has 1 aromatic heterocycles. The van der Waals surface area contributed by atoms with Crippen LogP contribution in [0.1, 0.15) is 54.5 Å². The molecule has 1 aromatic rings. The molecule has 0 radical (unpaired) electrons. The molecule has 3 rings (SSSR count). The van der Waals surface area contributed by atoms with Gasteiger partial charge in [-0.3, -0.25) is 4.79 Å². The number of aromatic nitrogens is 1. The van der Waals surface area contributed by atoms with Crippen molar-refractivity contribution >= 4 is 29.7 Å². The summed E-state index contributed by atoms with van der Waals surface area (Å²) in [5, 5.41) is 2.87. The summed E-state index contributed by atoms with van der Waals surface area (Å²) >= 11 is 1.55. The van der Waals surface area contributed by atoms with E-state index in [4.69, 9.17) is 5.73 Å². The molecule has 1 aliphatic heterocycles. The van der Waals surface area contributed by atoms with E-state index < -0.39 is 0 Å². The number of hydrogen-bond donors (Lipinski definition) is 1. The quantitative estimate of drug-likeness (QED) is 0.927. The van der Waals surface area contributed by atoms with Crippen molar-refractivity contribution in [2.24, 2.45) is 11.7 Å². The van der Waals surface area contributed by atoms with Gasteiger partial charge in [0.15, 0.2) is 0 Å². The highest BCUT2D eigenvalue weighted by Crippen LogP contribution is 2.40. The Morgan fingerprint density at radius 3 is 3.00 bits per heavy atom. The highest BCUT2D eigenvalue weighted by atomic mass is 35.5. The fraction of sp³-hybridized carbons (Fsp3) is 0.733. The molecule has 0 spiro atoms. The molecule has 2 fully saturated rings. The van der Waals surface area contributed by atoms with E-state index in [1.165, 1.54) is 25.7 Å². The lowest BCUT2D eigenvalue weighted by Gasteiger charge is -2.32. The molecule has 3 atom stereocenters. The summed E-state index contributed by atoms with van der Waals surface area (Å²) in [4.78, 5) is 19.3. The van der Waals surface area contributed by atoms with Gasteiger partial charge in [-0.2, -0.15) is 0 Å². The lowest BCUT2D eigenvalue weighted by molar-refractivity contribution is 0.0628. The number of rotatable bonds is 3. The summed E-state index contributed by atoms with van der Waals surface area (Å²) in [6, 6.07) is 0.807. The zero-order valence-electron chi connectivity index (χ0n) is 12.5. The molecule has 0 bridgehead atoms. The zero-order valence-corrected chi connectivity index (χ0v) is 14.1. The highest BCUT2D eigenvalue weighted by molar-refractivity contribution is 7.09. The maximum absolute atomic E-state index is 12.8. The second-order valence-electron chi connectivity index (χ2n) is 6.07. The van der Waals surface area contributed by atoms with Crippen LogP contribution in [-0.2, 0) is 6.42 Å². The van der Waals surface area contributed by atoms with Crippen molar-refractivity contribution in [2.75, 3.05) is 6.54 Å². The Kier molecular flexibility index (Phi) is 5.63. The van der Waals surface area contributed by atoms with E-state index in [0.717, 1.165) is 17.8 Å². The smallest absolute Gasteiger partial charge is 0.273 e. The van der Waals surface area contributed by atoms with Gasteiger partial charge in [0.05, 0.1) is 5.01 Å². The van der Waals surface area contributed by atoms with Crippen molar-refractivity contribution in [1.29, 1.82) is 0 Å². The maximum atomic E-state index is 12.8. The standard InChI is InChI=1S/C15H23N3OS.ClH/c1-10-8-11-4-2-3-5-13(11)18(10)15(19)12-9-20-14(17-12)6-7-16;/h9-11,13H,2-8,16H2,1H3;1H. The Labute approximate surface area is 136 Å². The Bertz CT molecular complexity index is 493. The van der Waals surface area contributed by atoms with Gasteiger partial charge in [-0.05, 0) is 38.6 Å². The number of carbonyl (C=O) groups is 1. The number of amides is 1. The maximum Gasteiger partial charge on any atom is 0.273 e. The summed E-state index contributed by atoms with van der Waals surface area (Å²) in [5.74, 6) is 0.844. The van der Waals surface area contributed by atoms with Gasteiger partial charge in [0.2, 0.25) is 0 Å². The summed E-state index contributed by atoms with van der Waals surface area (Å²) in [7, 11) is 0.